The molecular formula is C17H22N2O4S. The van der Waals surface area contributed by atoms with E-state index in [2.05, 4.69) is 10.0 Å². The number of rotatable bonds is 8. The second-order valence-corrected chi connectivity index (χ2v) is 7.61. The maximum atomic E-state index is 12.6. The van der Waals surface area contributed by atoms with Crippen LogP contribution in [0.5, 0.6) is 0 Å². The highest BCUT2D eigenvalue weighted by atomic mass is 32.2. The minimum atomic E-state index is -3.34. The molecule has 0 saturated carbocycles. The van der Waals surface area contributed by atoms with Gasteiger partial charge in [0.25, 0.3) is 0 Å². The summed E-state index contributed by atoms with van der Waals surface area (Å²) in [5.74, 6) is -0.106. The number of hydrogen-bond donors (Lipinski definition) is 2. The van der Waals surface area contributed by atoms with Gasteiger partial charge in [0, 0.05) is 13.0 Å². The minimum Gasteiger partial charge on any atom is -0.469 e. The number of amides is 1. The molecule has 0 aliphatic carbocycles. The van der Waals surface area contributed by atoms with Crippen molar-refractivity contribution < 1.29 is 17.6 Å². The highest BCUT2D eigenvalue weighted by Crippen LogP contribution is 2.22. The average Bonchev–Trinajstić information content (AvgIpc) is 3.06. The molecule has 0 radical (unpaired) electrons. The summed E-state index contributed by atoms with van der Waals surface area (Å²) in [4.78, 5) is 12.6. The first-order valence-corrected chi connectivity index (χ1v) is 9.34. The van der Waals surface area contributed by atoms with Gasteiger partial charge in [-0.05, 0) is 31.7 Å². The van der Waals surface area contributed by atoms with Gasteiger partial charge in [0.15, 0.2) is 0 Å². The van der Waals surface area contributed by atoms with E-state index >= 15 is 0 Å². The molecule has 0 fully saturated rings. The third kappa shape index (κ3) is 5.21. The van der Waals surface area contributed by atoms with Gasteiger partial charge >= 0.3 is 0 Å². The average molecular weight is 350 g/mol. The van der Waals surface area contributed by atoms with Crippen LogP contribution < -0.4 is 10.0 Å². The van der Waals surface area contributed by atoms with Crippen LogP contribution in [0.25, 0.3) is 0 Å². The largest absolute Gasteiger partial charge is 0.469 e. The number of nitrogens with one attached hydrogen (secondary N) is 2. The molecule has 0 saturated heterocycles. The van der Waals surface area contributed by atoms with Gasteiger partial charge in [-0.1, -0.05) is 29.8 Å². The smallest absolute Gasteiger partial charge is 0.228 e. The molecule has 1 heterocycles. The summed E-state index contributed by atoms with van der Waals surface area (Å²) < 4.78 is 30.4. The minimum absolute atomic E-state index is 0.0581. The Balaban J connectivity index is 2.09. The zero-order valence-electron chi connectivity index (χ0n) is 13.8. The van der Waals surface area contributed by atoms with Crippen LogP contribution in [-0.2, 0) is 21.2 Å². The maximum absolute atomic E-state index is 12.6. The van der Waals surface area contributed by atoms with Crippen LogP contribution in [0.3, 0.4) is 0 Å². The molecule has 0 aliphatic rings. The zero-order valence-corrected chi connectivity index (χ0v) is 14.6. The van der Waals surface area contributed by atoms with Crippen molar-refractivity contribution in [3.05, 3.63) is 59.5 Å². The van der Waals surface area contributed by atoms with Crippen molar-refractivity contribution in [2.45, 2.75) is 19.3 Å². The molecule has 1 atom stereocenters. The molecule has 2 aromatic rings. The van der Waals surface area contributed by atoms with E-state index in [9.17, 15) is 13.2 Å². The van der Waals surface area contributed by atoms with E-state index in [0.717, 1.165) is 11.1 Å². The summed E-state index contributed by atoms with van der Waals surface area (Å²) in [5.41, 5.74) is 1.97. The Morgan fingerprint density at radius 3 is 2.50 bits per heavy atom. The van der Waals surface area contributed by atoms with Crippen LogP contribution >= 0.6 is 0 Å². The topological polar surface area (TPSA) is 88.4 Å². The van der Waals surface area contributed by atoms with Crippen molar-refractivity contribution in [2.75, 3.05) is 19.3 Å². The first-order chi connectivity index (χ1) is 11.4. The van der Waals surface area contributed by atoms with E-state index < -0.39 is 15.9 Å². The molecule has 0 aliphatic heterocycles. The van der Waals surface area contributed by atoms with Gasteiger partial charge in [-0.15, -0.1) is 0 Å². The number of carbonyl (C=O) groups is 1. The molecule has 1 amide bonds. The van der Waals surface area contributed by atoms with Crippen molar-refractivity contribution in [3.8, 4) is 0 Å². The Bertz CT molecular complexity index is 752. The van der Waals surface area contributed by atoms with Crippen LogP contribution in [0.4, 0.5) is 0 Å². The molecule has 1 unspecified atom stereocenters. The van der Waals surface area contributed by atoms with Gasteiger partial charge in [-0.2, -0.15) is 0 Å². The highest BCUT2D eigenvalue weighted by molar-refractivity contribution is 7.89. The van der Waals surface area contributed by atoms with Crippen molar-refractivity contribution >= 4 is 15.9 Å². The van der Waals surface area contributed by atoms with Crippen LogP contribution in [0.15, 0.2) is 47.1 Å². The lowest BCUT2D eigenvalue weighted by atomic mass is 9.93. The summed E-state index contributed by atoms with van der Waals surface area (Å²) in [7, 11) is -1.99. The third-order valence-corrected chi connectivity index (χ3v) is 5.13. The molecule has 2 N–H and O–H groups in total. The number of sulfonamides is 1. The molecule has 2 rings (SSSR count). The van der Waals surface area contributed by atoms with E-state index in [1.807, 2.05) is 37.3 Å². The summed E-state index contributed by atoms with van der Waals surface area (Å²) in [5, 5.41) is 2.70. The summed E-state index contributed by atoms with van der Waals surface area (Å²) in [6, 6.07) is 11.3. The second kappa shape index (κ2) is 8.12. The van der Waals surface area contributed by atoms with Crippen molar-refractivity contribution in [1.82, 2.24) is 10.0 Å². The van der Waals surface area contributed by atoms with E-state index in [0.29, 0.717) is 12.2 Å². The lowest BCUT2D eigenvalue weighted by Gasteiger charge is -2.16. The molecule has 6 nitrogen and oxygen atoms in total. The highest BCUT2D eigenvalue weighted by Gasteiger charge is 2.22. The molecule has 130 valence electrons. The SMILES string of the molecule is CNS(=O)(=O)CCNC(=O)C(Cc1ccco1)c1ccc(C)cc1. The lowest BCUT2D eigenvalue weighted by Crippen LogP contribution is -2.36. The quantitative estimate of drug-likeness (QED) is 0.756. The van der Waals surface area contributed by atoms with E-state index in [4.69, 9.17) is 4.42 Å². The van der Waals surface area contributed by atoms with Gasteiger partial charge in [0.1, 0.15) is 5.76 Å². The monoisotopic (exact) mass is 350 g/mol. The summed E-state index contributed by atoms with van der Waals surface area (Å²) in [6.07, 6.45) is 1.99. The third-order valence-electron chi connectivity index (χ3n) is 3.76. The predicted octanol–water partition coefficient (Wildman–Crippen LogP) is 1.58. The van der Waals surface area contributed by atoms with Gasteiger partial charge in [0.05, 0.1) is 17.9 Å². The van der Waals surface area contributed by atoms with Crippen molar-refractivity contribution in [1.29, 1.82) is 0 Å². The summed E-state index contributed by atoms with van der Waals surface area (Å²) in [6.45, 7) is 2.04. The van der Waals surface area contributed by atoms with E-state index in [1.54, 1.807) is 12.3 Å². The van der Waals surface area contributed by atoms with Gasteiger partial charge in [-0.25, -0.2) is 13.1 Å². The van der Waals surface area contributed by atoms with Crippen LogP contribution in [0.1, 0.15) is 22.8 Å². The Morgan fingerprint density at radius 1 is 1.21 bits per heavy atom. The zero-order chi connectivity index (χ0) is 17.6. The fourth-order valence-corrected chi connectivity index (χ4v) is 2.90. The second-order valence-electron chi connectivity index (χ2n) is 5.56. The maximum Gasteiger partial charge on any atom is 0.228 e. The molecule has 0 bridgehead atoms. The molecule has 7 heteroatoms. The molecular weight excluding hydrogens is 328 g/mol. The lowest BCUT2D eigenvalue weighted by molar-refractivity contribution is -0.122. The van der Waals surface area contributed by atoms with E-state index in [1.165, 1.54) is 7.05 Å². The van der Waals surface area contributed by atoms with E-state index in [-0.39, 0.29) is 18.2 Å². The molecule has 1 aromatic carbocycles. The number of furan rings is 1. The normalized spacial score (nSPS) is 12.8. The van der Waals surface area contributed by atoms with Crippen molar-refractivity contribution in [2.24, 2.45) is 0 Å². The Kier molecular flexibility index (Phi) is 6.16. The number of benzene rings is 1. The number of hydrogen-bond acceptors (Lipinski definition) is 4. The Morgan fingerprint density at radius 2 is 1.92 bits per heavy atom. The fourth-order valence-electron chi connectivity index (χ4n) is 2.32. The number of aryl methyl sites for hydroxylation is 1. The first-order valence-electron chi connectivity index (χ1n) is 7.69. The van der Waals surface area contributed by atoms with Gasteiger partial charge in [-0.3, -0.25) is 4.79 Å². The Labute approximate surface area is 142 Å². The van der Waals surface area contributed by atoms with Crippen LogP contribution in [0, 0.1) is 6.92 Å². The van der Waals surface area contributed by atoms with Crippen LogP contribution in [-0.4, -0.2) is 33.7 Å². The Hall–Kier alpha value is -2.12. The summed E-state index contributed by atoms with van der Waals surface area (Å²) >= 11 is 0. The van der Waals surface area contributed by atoms with Gasteiger partial charge < -0.3 is 9.73 Å². The standard InChI is InChI=1S/C17H22N2O4S/c1-13-5-7-14(8-6-13)16(12-15-4-3-10-23-15)17(20)19-9-11-24(21,22)18-2/h3-8,10,16,18H,9,11-12H2,1-2H3,(H,19,20). The fraction of sp³-hybridized carbons (Fsp3) is 0.353. The predicted molar refractivity (Wildman–Crippen MR) is 92.2 cm³/mol. The first kappa shape index (κ1) is 18.2. The van der Waals surface area contributed by atoms with Crippen LogP contribution in [0.2, 0.25) is 0 Å². The molecule has 0 spiro atoms. The molecule has 24 heavy (non-hydrogen) atoms. The van der Waals surface area contributed by atoms with Crippen molar-refractivity contribution in [3.63, 3.8) is 0 Å². The molecule has 1 aromatic heterocycles. The van der Waals surface area contributed by atoms with Gasteiger partial charge in [0.2, 0.25) is 15.9 Å². The number of carbonyl (C=O) groups excluding carboxylic acids is 1.